The van der Waals surface area contributed by atoms with Gasteiger partial charge >= 0.3 is 0 Å². The largest absolute Gasteiger partial charge is 0.487 e. The second-order valence-corrected chi connectivity index (χ2v) is 4.54. The van der Waals surface area contributed by atoms with Gasteiger partial charge in [0, 0.05) is 12.0 Å². The number of benzene rings is 1. The normalized spacial score (nSPS) is 29.1. The van der Waals surface area contributed by atoms with Crippen molar-refractivity contribution >= 4 is 0 Å². The van der Waals surface area contributed by atoms with Gasteiger partial charge in [-0.2, -0.15) is 0 Å². The molecule has 1 fully saturated rings. The van der Waals surface area contributed by atoms with Crippen LogP contribution in [0.2, 0.25) is 0 Å². The van der Waals surface area contributed by atoms with Gasteiger partial charge in [0.25, 0.3) is 0 Å². The molecule has 88 valence electrons. The molecule has 0 spiro atoms. The van der Waals surface area contributed by atoms with Gasteiger partial charge in [-0.15, -0.1) is 5.73 Å². The number of aryl methyl sites for hydroxylation is 1. The van der Waals surface area contributed by atoms with E-state index in [1.807, 2.05) is 12.1 Å². The van der Waals surface area contributed by atoms with E-state index in [-0.39, 0.29) is 18.3 Å². The van der Waals surface area contributed by atoms with Gasteiger partial charge in [0.1, 0.15) is 18.0 Å². The topological polar surface area (TPSA) is 18.5 Å². The van der Waals surface area contributed by atoms with E-state index in [4.69, 9.17) is 9.47 Å². The van der Waals surface area contributed by atoms with Crippen LogP contribution in [0.25, 0.3) is 0 Å². The summed E-state index contributed by atoms with van der Waals surface area (Å²) in [6.07, 6.45) is 4.14. The molecule has 2 heterocycles. The summed E-state index contributed by atoms with van der Waals surface area (Å²) in [5, 5.41) is 0. The third-order valence-electron chi connectivity index (χ3n) is 3.53. The van der Waals surface area contributed by atoms with Crippen LogP contribution in [-0.2, 0) is 11.2 Å². The summed E-state index contributed by atoms with van der Waals surface area (Å²) in [5.74, 6) is 1.00. The number of fused-ring (bicyclic) bond motifs is 3. The van der Waals surface area contributed by atoms with Crippen molar-refractivity contribution in [3.8, 4) is 5.75 Å². The average Bonchev–Trinajstić information content (AvgIpc) is 2.85. The Bertz CT molecular complexity index is 486. The lowest BCUT2D eigenvalue weighted by molar-refractivity contribution is 0.0519. The highest BCUT2D eigenvalue weighted by atomic mass is 16.6. The standard InChI is InChI=1S/C15H16O2/c1-3-6-11-9-13-15(16-11)14-10(4-2)7-5-8-12(14)17-13/h5-8,11,13,15H,1,4,9H2,2H3/t11-,13-,15+/m0/s1. The Labute approximate surface area is 102 Å². The van der Waals surface area contributed by atoms with Crippen LogP contribution in [0.4, 0.5) is 0 Å². The average molecular weight is 228 g/mol. The zero-order valence-electron chi connectivity index (χ0n) is 9.98. The van der Waals surface area contributed by atoms with Crippen LogP contribution < -0.4 is 4.74 Å². The van der Waals surface area contributed by atoms with Gasteiger partial charge in [0.05, 0.1) is 6.10 Å². The van der Waals surface area contributed by atoms with Gasteiger partial charge in [0.2, 0.25) is 0 Å². The summed E-state index contributed by atoms with van der Waals surface area (Å²) in [6, 6.07) is 6.25. The molecule has 0 radical (unpaired) electrons. The van der Waals surface area contributed by atoms with E-state index in [0.29, 0.717) is 0 Å². The van der Waals surface area contributed by atoms with Gasteiger partial charge in [-0.3, -0.25) is 0 Å². The first-order valence-corrected chi connectivity index (χ1v) is 6.13. The quantitative estimate of drug-likeness (QED) is 0.724. The van der Waals surface area contributed by atoms with Crippen LogP contribution in [0.5, 0.6) is 5.75 Å². The Kier molecular flexibility index (Phi) is 2.54. The van der Waals surface area contributed by atoms with Gasteiger partial charge in [-0.25, -0.2) is 0 Å². The summed E-state index contributed by atoms with van der Waals surface area (Å²) >= 11 is 0. The first kappa shape index (κ1) is 10.6. The van der Waals surface area contributed by atoms with Crippen molar-refractivity contribution < 1.29 is 9.47 Å². The number of ether oxygens (including phenoxy) is 2. The summed E-state index contributed by atoms with van der Waals surface area (Å²) in [5.41, 5.74) is 5.38. The Hall–Kier alpha value is -1.50. The van der Waals surface area contributed by atoms with Crippen molar-refractivity contribution in [3.05, 3.63) is 47.7 Å². The fraction of sp³-hybridized carbons (Fsp3) is 0.400. The highest BCUT2D eigenvalue weighted by molar-refractivity contribution is 5.46. The maximum Gasteiger partial charge on any atom is 0.132 e. The molecule has 3 rings (SSSR count). The van der Waals surface area contributed by atoms with E-state index >= 15 is 0 Å². The van der Waals surface area contributed by atoms with Crippen molar-refractivity contribution in [1.29, 1.82) is 0 Å². The highest BCUT2D eigenvalue weighted by Crippen LogP contribution is 2.47. The first-order valence-electron chi connectivity index (χ1n) is 6.13. The molecule has 1 saturated heterocycles. The molecule has 1 aromatic rings. The molecule has 2 heteroatoms. The van der Waals surface area contributed by atoms with Crippen LogP contribution in [0.3, 0.4) is 0 Å². The van der Waals surface area contributed by atoms with E-state index in [2.05, 4.69) is 31.4 Å². The van der Waals surface area contributed by atoms with Gasteiger partial charge in [-0.05, 0) is 24.1 Å². The minimum absolute atomic E-state index is 0.0933. The van der Waals surface area contributed by atoms with E-state index in [1.54, 1.807) is 0 Å². The number of hydrogen-bond donors (Lipinski definition) is 0. The monoisotopic (exact) mass is 228 g/mol. The molecule has 0 aliphatic carbocycles. The summed E-state index contributed by atoms with van der Waals surface area (Å²) < 4.78 is 12.0. The molecular formula is C15H16O2. The number of hydrogen-bond acceptors (Lipinski definition) is 2. The Morgan fingerprint density at radius 1 is 1.53 bits per heavy atom. The second-order valence-electron chi connectivity index (χ2n) is 4.54. The Morgan fingerprint density at radius 3 is 3.18 bits per heavy atom. The lowest BCUT2D eigenvalue weighted by Crippen LogP contribution is -2.12. The zero-order valence-corrected chi connectivity index (χ0v) is 9.98. The SMILES string of the molecule is C=C=C[C@H]1C[C@@H]2Oc3cccc(CC)c3[C@@H]2O1. The van der Waals surface area contributed by atoms with Crippen LogP contribution in [0, 0.1) is 0 Å². The summed E-state index contributed by atoms with van der Waals surface area (Å²) in [4.78, 5) is 0. The summed E-state index contributed by atoms with van der Waals surface area (Å²) in [7, 11) is 0. The van der Waals surface area contributed by atoms with Gasteiger partial charge < -0.3 is 9.47 Å². The molecule has 3 atom stereocenters. The predicted octanol–water partition coefficient (Wildman–Crippen LogP) is 3.18. The van der Waals surface area contributed by atoms with Crippen molar-refractivity contribution in [2.75, 3.05) is 0 Å². The molecule has 0 aromatic heterocycles. The van der Waals surface area contributed by atoms with Crippen LogP contribution in [-0.4, -0.2) is 12.2 Å². The summed E-state index contributed by atoms with van der Waals surface area (Å²) in [6.45, 7) is 5.76. The molecular weight excluding hydrogens is 212 g/mol. The molecule has 0 N–H and O–H groups in total. The maximum absolute atomic E-state index is 6.01. The van der Waals surface area contributed by atoms with E-state index in [0.717, 1.165) is 18.6 Å². The third kappa shape index (κ3) is 1.61. The molecule has 0 unspecified atom stereocenters. The van der Waals surface area contributed by atoms with E-state index in [9.17, 15) is 0 Å². The molecule has 17 heavy (non-hydrogen) atoms. The molecule has 2 aliphatic rings. The van der Waals surface area contributed by atoms with Crippen LogP contribution in [0.15, 0.2) is 36.6 Å². The minimum Gasteiger partial charge on any atom is -0.487 e. The molecule has 2 nitrogen and oxygen atoms in total. The second kappa shape index (κ2) is 4.06. The molecule has 1 aromatic carbocycles. The lowest BCUT2D eigenvalue weighted by Gasteiger charge is -2.11. The molecule has 0 bridgehead atoms. The number of rotatable bonds is 2. The molecule has 0 saturated carbocycles. The highest BCUT2D eigenvalue weighted by Gasteiger charge is 2.44. The Balaban J connectivity index is 1.96. The lowest BCUT2D eigenvalue weighted by atomic mass is 9.98. The minimum atomic E-state index is 0.0933. The maximum atomic E-state index is 6.01. The van der Waals surface area contributed by atoms with Crippen molar-refractivity contribution in [1.82, 2.24) is 0 Å². The van der Waals surface area contributed by atoms with Crippen LogP contribution >= 0.6 is 0 Å². The van der Waals surface area contributed by atoms with E-state index in [1.165, 1.54) is 11.1 Å². The van der Waals surface area contributed by atoms with Gasteiger partial charge in [-0.1, -0.05) is 25.6 Å². The molecule has 0 amide bonds. The first-order chi connectivity index (χ1) is 8.33. The fourth-order valence-electron chi connectivity index (χ4n) is 2.77. The van der Waals surface area contributed by atoms with Crippen LogP contribution in [0.1, 0.15) is 30.6 Å². The van der Waals surface area contributed by atoms with Crippen molar-refractivity contribution in [2.45, 2.75) is 38.1 Å². The zero-order chi connectivity index (χ0) is 11.8. The van der Waals surface area contributed by atoms with Crippen molar-refractivity contribution in [3.63, 3.8) is 0 Å². The Morgan fingerprint density at radius 2 is 2.41 bits per heavy atom. The van der Waals surface area contributed by atoms with Crippen molar-refractivity contribution in [2.24, 2.45) is 0 Å². The predicted molar refractivity (Wildman–Crippen MR) is 66.2 cm³/mol. The van der Waals surface area contributed by atoms with E-state index < -0.39 is 0 Å². The van der Waals surface area contributed by atoms with Gasteiger partial charge in [0.15, 0.2) is 0 Å². The molecule has 2 aliphatic heterocycles. The third-order valence-corrected chi connectivity index (χ3v) is 3.53. The smallest absolute Gasteiger partial charge is 0.132 e. The fourth-order valence-corrected chi connectivity index (χ4v) is 2.77.